The van der Waals surface area contributed by atoms with Crippen molar-refractivity contribution in [1.29, 1.82) is 0 Å². The summed E-state index contributed by atoms with van der Waals surface area (Å²) < 4.78 is 0. The van der Waals surface area contributed by atoms with Crippen molar-refractivity contribution in [3.05, 3.63) is 46.6 Å². The van der Waals surface area contributed by atoms with Gasteiger partial charge in [-0.1, -0.05) is 77.3 Å². The van der Waals surface area contributed by atoms with E-state index in [4.69, 9.17) is 11.6 Å². The molecule has 1 nitrogen and oxygen atoms in total. The summed E-state index contributed by atoms with van der Waals surface area (Å²) in [6.07, 6.45) is 11.5. The van der Waals surface area contributed by atoms with E-state index < -0.39 is 0 Å². The molecular weight excluding hydrogens is 409 g/mol. The van der Waals surface area contributed by atoms with Gasteiger partial charge in [-0.15, -0.1) is 12.4 Å². The van der Waals surface area contributed by atoms with E-state index in [1.165, 1.54) is 62.5 Å². The minimum Gasteiger partial charge on any atom is -0.386 e. The second-order valence-electron chi connectivity index (χ2n) is 11.6. The first-order valence-electron chi connectivity index (χ1n) is 11.8. The van der Waals surface area contributed by atoms with Gasteiger partial charge in [-0.3, -0.25) is 0 Å². The van der Waals surface area contributed by atoms with Gasteiger partial charge in [0.05, 0.1) is 0 Å². The monoisotopic (exact) mass is 451 g/mol. The first kappa shape index (κ1) is 25.6. The van der Waals surface area contributed by atoms with Gasteiger partial charge in [-0.05, 0) is 78.9 Å². The van der Waals surface area contributed by atoms with Crippen LogP contribution < -0.4 is 5.32 Å². The van der Waals surface area contributed by atoms with Crippen LogP contribution in [-0.2, 0) is 6.42 Å². The summed E-state index contributed by atoms with van der Waals surface area (Å²) in [5.74, 6) is 1.35. The fourth-order valence-electron chi connectivity index (χ4n) is 6.45. The van der Waals surface area contributed by atoms with E-state index in [0.29, 0.717) is 22.8 Å². The number of benzene rings is 1. The first-order chi connectivity index (χ1) is 13.5. The topological polar surface area (TPSA) is 12.0 Å². The fourth-order valence-corrected chi connectivity index (χ4v) is 6.81. The molecule has 1 N–H and O–H groups in total. The minimum atomic E-state index is 0. The van der Waals surface area contributed by atoms with Crippen LogP contribution in [0.4, 0.5) is 0 Å². The third-order valence-corrected chi connectivity index (χ3v) is 7.59. The Bertz CT molecular complexity index is 700. The average molecular weight is 453 g/mol. The van der Waals surface area contributed by atoms with Gasteiger partial charge in [0.1, 0.15) is 0 Å². The number of hydrogen-bond donors (Lipinski definition) is 1. The summed E-state index contributed by atoms with van der Waals surface area (Å²) in [5.41, 5.74) is 4.47. The molecule has 170 valence electrons. The fraction of sp³-hybridized carbons (Fsp3) is 0.704. The Hall–Kier alpha value is -0.660. The van der Waals surface area contributed by atoms with Crippen LogP contribution in [0.3, 0.4) is 0 Å². The highest BCUT2D eigenvalue weighted by atomic mass is 35.5. The Balaban J connectivity index is 0.00000320. The molecule has 0 radical (unpaired) electrons. The van der Waals surface area contributed by atoms with Crippen LogP contribution in [0.15, 0.2) is 30.5 Å². The standard InChI is InChI=1S/C27H42ClN.ClH/c1-19(29-20(2)22-10-8-7-9-11-22)14-21-12-13-24(25(28)15-21)23-16-26(3,4)18-27(5,6)17-23;/h12-13,15,20,22-23,29H,1,7-11,14,16-18H2,2-6H3;1H. The molecule has 1 unspecified atom stereocenters. The molecule has 2 aliphatic rings. The van der Waals surface area contributed by atoms with Crippen molar-refractivity contribution in [1.82, 2.24) is 5.32 Å². The summed E-state index contributed by atoms with van der Waals surface area (Å²) in [7, 11) is 0. The lowest BCUT2D eigenvalue weighted by molar-refractivity contribution is 0.0969. The van der Waals surface area contributed by atoms with Crippen LogP contribution in [0.2, 0.25) is 5.02 Å². The zero-order valence-electron chi connectivity index (χ0n) is 19.8. The van der Waals surface area contributed by atoms with E-state index in [-0.39, 0.29) is 12.4 Å². The normalized spacial score (nSPS) is 22.7. The Kier molecular flexibility index (Phi) is 8.79. The zero-order valence-corrected chi connectivity index (χ0v) is 21.4. The highest BCUT2D eigenvalue weighted by Crippen LogP contribution is 2.52. The molecule has 30 heavy (non-hydrogen) atoms. The SMILES string of the molecule is C=C(Cc1ccc(C2CC(C)(C)CC(C)(C)C2)c(Cl)c1)NC(C)C1CCCCC1.Cl. The number of hydrogen-bond acceptors (Lipinski definition) is 1. The molecule has 0 amide bonds. The molecule has 0 spiro atoms. The maximum atomic E-state index is 6.81. The largest absolute Gasteiger partial charge is 0.386 e. The van der Waals surface area contributed by atoms with Gasteiger partial charge in [0.2, 0.25) is 0 Å². The van der Waals surface area contributed by atoms with Gasteiger partial charge >= 0.3 is 0 Å². The predicted molar refractivity (Wildman–Crippen MR) is 135 cm³/mol. The Labute approximate surface area is 196 Å². The molecule has 2 fully saturated rings. The summed E-state index contributed by atoms with van der Waals surface area (Å²) >= 11 is 6.81. The smallest absolute Gasteiger partial charge is 0.0443 e. The van der Waals surface area contributed by atoms with E-state index in [9.17, 15) is 0 Å². The number of halogens is 2. The van der Waals surface area contributed by atoms with Crippen molar-refractivity contribution in [2.45, 2.75) is 104 Å². The van der Waals surface area contributed by atoms with Crippen molar-refractivity contribution in [3.63, 3.8) is 0 Å². The summed E-state index contributed by atoms with van der Waals surface area (Å²) in [5, 5.41) is 4.62. The molecule has 1 aromatic rings. The quantitative estimate of drug-likeness (QED) is 0.455. The molecule has 0 heterocycles. The molecule has 0 saturated heterocycles. The molecule has 1 aromatic carbocycles. The van der Waals surface area contributed by atoms with Crippen molar-refractivity contribution in [2.24, 2.45) is 16.7 Å². The van der Waals surface area contributed by atoms with Gasteiger partial charge in [0.15, 0.2) is 0 Å². The molecule has 3 heteroatoms. The molecule has 0 bridgehead atoms. The lowest BCUT2D eigenvalue weighted by atomic mass is 9.60. The molecular formula is C27H43Cl2N. The van der Waals surface area contributed by atoms with Crippen molar-refractivity contribution >= 4 is 24.0 Å². The number of nitrogens with one attached hydrogen (secondary N) is 1. The average Bonchev–Trinajstić information content (AvgIpc) is 2.59. The van der Waals surface area contributed by atoms with Crippen LogP contribution in [0.25, 0.3) is 0 Å². The number of rotatable bonds is 6. The van der Waals surface area contributed by atoms with Gasteiger partial charge in [-0.2, -0.15) is 0 Å². The maximum Gasteiger partial charge on any atom is 0.0443 e. The van der Waals surface area contributed by atoms with Crippen molar-refractivity contribution < 1.29 is 0 Å². The van der Waals surface area contributed by atoms with Crippen LogP contribution in [0, 0.1) is 16.7 Å². The third-order valence-electron chi connectivity index (χ3n) is 7.27. The van der Waals surface area contributed by atoms with E-state index in [0.717, 1.165) is 23.1 Å². The van der Waals surface area contributed by atoms with Gasteiger partial charge < -0.3 is 5.32 Å². The molecule has 2 saturated carbocycles. The van der Waals surface area contributed by atoms with E-state index in [1.807, 2.05) is 0 Å². The highest BCUT2D eigenvalue weighted by molar-refractivity contribution is 6.31. The van der Waals surface area contributed by atoms with Crippen molar-refractivity contribution in [3.8, 4) is 0 Å². The zero-order chi connectivity index (χ0) is 21.2. The Morgan fingerprint density at radius 2 is 1.70 bits per heavy atom. The molecule has 1 atom stereocenters. The summed E-state index contributed by atoms with van der Waals surface area (Å²) in [4.78, 5) is 0. The minimum absolute atomic E-state index is 0. The van der Waals surface area contributed by atoms with E-state index in [1.54, 1.807) is 0 Å². The lowest BCUT2D eigenvalue weighted by Gasteiger charge is -2.45. The molecule has 0 aliphatic heterocycles. The Morgan fingerprint density at radius 3 is 2.27 bits per heavy atom. The molecule has 2 aliphatic carbocycles. The van der Waals surface area contributed by atoms with Crippen molar-refractivity contribution in [2.75, 3.05) is 0 Å². The van der Waals surface area contributed by atoms with E-state index in [2.05, 4.69) is 64.7 Å². The maximum absolute atomic E-state index is 6.81. The molecule has 0 aromatic heterocycles. The third kappa shape index (κ3) is 6.92. The second-order valence-corrected chi connectivity index (χ2v) is 12.0. The summed E-state index contributed by atoms with van der Waals surface area (Å²) in [6, 6.07) is 7.26. The van der Waals surface area contributed by atoms with Crippen LogP contribution in [-0.4, -0.2) is 6.04 Å². The highest BCUT2D eigenvalue weighted by Gasteiger charge is 2.39. The van der Waals surface area contributed by atoms with Crippen LogP contribution in [0.1, 0.15) is 103 Å². The van der Waals surface area contributed by atoms with Crippen LogP contribution >= 0.6 is 24.0 Å². The molecule has 3 rings (SSSR count). The van der Waals surface area contributed by atoms with Gasteiger partial charge in [-0.25, -0.2) is 0 Å². The number of allylic oxidation sites excluding steroid dienone is 1. The predicted octanol–water partition coefficient (Wildman–Crippen LogP) is 8.70. The lowest BCUT2D eigenvalue weighted by Crippen LogP contribution is -2.34. The van der Waals surface area contributed by atoms with E-state index >= 15 is 0 Å². The Morgan fingerprint density at radius 1 is 1.10 bits per heavy atom. The van der Waals surface area contributed by atoms with Gasteiger partial charge in [0, 0.05) is 23.2 Å². The van der Waals surface area contributed by atoms with Gasteiger partial charge in [0.25, 0.3) is 0 Å². The summed E-state index contributed by atoms with van der Waals surface area (Å²) in [6.45, 7) is 16.3. The second kappa shape index (κ2) is 10.3. The first-order valence-corrected chi connectivity index (χ1v) is 12.2. The van der Waals surface area contributed by atoms with Crippen LogP contribution in [0.5, 0.6) is 0 Å².